The molecule has 1 aromatic heterocycles. The summed E-state index contributed by atoms with van der Waals surface area (Å²) < 4.78 is 14.4. The molecule has 0 aliphatic rings. The van der Waals surface area contributed by atoms with E-state index in [9.17, 15) is 4.39 Å². The average Bonchev–Trinajstić information content (AvgIpc) is 2.59. The third-order valence-electron chi connectivity index (χ3n) is 2.01. The van der Waals surface area contributed by atoms with Crippen molar-refractivity contribution < 1.29 is 4.39 Å². The van der Waals surface area contributed by atoms with E-state index in [0.717, 1.165) is 21.6 Å². The van der Waals surface area contributed by atoms with Gasteiger partial charge in [-0.2, -0.15) is 11.8 Å². The minimum absolute atomic E-state index is 0.105. The summed E-state index contributed by atoms with van der Waals surface area (Å²) in [5.74, 6) is 2.00. The van der Waals surface area contributed by atoms with E-state index < -0.39 is 0 Å². The number of halogens is 1. The fourth-order valence-corrected chi connectivity index (χ4v) is 3.20. The van der Waals surface area contributed by atoms with Gasteiger partial charge in [-0.25, -0.2) is 4.39 Å². The number of thiophene rings is 1. The van der Waals surface area contributed by atoms with Crippen LogP contribution < -0.4 is 0 Å². The van der Waals surface area contributed by atoms with Crippen LogP contribution in [0.5, 0.6) is 0 Å². The summed E-state index contributed by atoms with van der Waals surface area (Å²) >= 11 is 3.56. The molecule has 2 aromatic rings. The van der Waals surface area contributed by atoms with Crippen LogP contribution in [-0.4, -0.2) is 5.75 Å². The molecule has 0 saturated carbocycles. The molecule has 0 saturated heterocycles. The second kappa shape index (κ2) is 4.32. The van der Waals surface area contributed by atoms with Crippen LogP contribution in [0.2, 0.25) is 0 Å². The summed E-state index contributed by atoms with van der Waals surface area (Å²) in [5.41, 5.74) is 0. The predicted molar refractivity (Wildman–Crippen MR) is 63.6 cm³/mol. The standard InChI is InChI=1S/C11H11FS2/c1-2-13-7-8-6-9-10(12)4-3-5-11(9)14-8/h3-6H,2,7H2,1H3. The Morgan fingerprint density at radius 2 is 2.29 bits per heavy atom. The van der Waals surface area contributed by atoms with Crippen molar-refractivity contribution >= 4 is 33.2 Å². The largest absolute Gasteiger partial charge is 0.206 e. The van der Waals surface area contributed by atoms with E-state index in [4.69, 9.17) is 0 Å². The highest BCUT2D eigenvalue weighted by atomic mass is 32.2. The van der Waals surface area contributed by atoms with E-state index in [-0.39, 0.29) is 5.82 Å². The van der Waals surface area contributed by atoms with Gasteiger partial charge in [-0.15, -0.1) is 11.3 Å². The summed E-state index contributed by atoms with van der Waals surface area (Å²) in [7, 11) is 0. The van der Waals surface area contributed by atoms with E-state index >= 15 is 0 Å². The topological polar surface area (TPSA) is 0 Å². The van der Waals surface area contributed by atoms with E-state index in [1.807, 2.05) is 23.9 Å². The lowest BCUT2D eigenvalue weighted by atomic mass is 10.2. The summed E-state index contributed by atoms with van der Waals surface area (Å²) in [6.07, 6.45) is 0. The molecular weight excluding hydrogens is 215 g/mol. The van der Waals surface area contributed by atoms with Crippen molar-refractivity contribution in [2.24, 2.45) is 0 Å². The number of hydrogen-bond acceptors (Lipinski definition) is 2. The molecule has 0 radical (unpaired) electrons. The van der Waals surface area contributed by atoms with E-state index in [1.54, 1.807) is 17.4 Å². The zero-order valence-electron chi connectivity index (χ0n) is 7.92. The Hall–Kier alpha value is -0.540. The van der Waals surface area contributed by atoms with Crippen molar-refractivity contribution in [3.63, 3.8) is 0 Å². The summed E-state index contributed by atoms with van der Waals surface area (Å²) in [6, 6.07) is 7.23. The Balaban J connectivity index is 2.36. The van der Waals surface area contributed by atoms with Crippen LogP contribution in [0.4, 0.5) is 4.39 Å². The highest BCUT2D eigenvalue weighted by molar-refractivity contribution is 7.98. The van der Waals surface area contributed by atoms with E-state index in [0.29, 0.717) is 0 Å². The lowest BCUT2D eigenvalue weighted by molar-refractivity contribution is 0.640. The highest BCUT2D eigenvalue weighted by Gasteiger charge is 2.04. The average molecular weight is 226 g/mol. The Labute approximate surface area is 91.1 Å². The van der Waals surface area contributed by atoms with Crippen molar-refractivity contribution in [2.45, 2.75) is 12.7 Å². The molecule has 0 nitrogen and oxygen atoms in total. The van der Waals surface area contributed by atoms with Gasteiger partial charge in [-0.05, 0) is 24.0 Å². The van der Waals surface area contributed by atoms with Gasteiger partial charge in [0.1, 0.15) is 5.82 Å². The molecule has 14 heavy (non-hydrogen) atoms. The van der Waals surface area contributed by atoms with Gasteiger partial charge in [0.2, 0.25) is 0 Å². The minimum atomic E-state index is -0.105. The minimum Gasteiger partial charge on any atom is -0.206 e. The fraction of sp³-hybridized carbons (Fsp3) is 0.273. The molecule has 0 amide bonds. The lowest BCUT2D eigenvalue weighted by Gasteiger charge is -1.91. The molecule has 3 heteroatoms. The molecule has 2 rings (SSSR count). The molecule has 0 unspecified atom stereocenters. The van der Waals surface area contributed by atoms with Gasteiger partial charge in [0.05, 0.1) is 0 Å². The second-order valence-electron chi connectivity index (χ2n) is 3.00. The molecule has 0 spiro atoms. The van der Waals surface area contributed by atoms with Crippen molar-refractivity contribution in [1.29, 1.82) is 0 Å². The first-order valence-electron chi connectivity index (χ1n) is 4.56. The zero-order chi connectivity index (χ0) is 9.97. The van der Waals surface area contributed by atoms with Gasteiger partial charge < -0.3 is 0 Å². The first-order chi connectivity index (χ1) is 6.81. The maximum absolute atomic E-state index is 13.3. The molecule has 1 heterocycles. The van der Waals surface area contributed by atoms with Gasteiger partial charge in [-0.3, -0.25) is 0 Å². The SMILES string of the molecule is CCSCc1cc2c(F)cccc2s1. The van der Waals surface area contributed by atoms with E-state index in [2.05, 4.69) is 6.92 Å². The monoisotopic (exact) mass is 226 g/mol. The van der Waals surface area contributed by atoms with Crippen molar-refractivity contribution in [3.8, 4) is 0 Å². The van der Waals surface area contributed by atoms with Crippen LogP contribution in [0.1, 0.15) is 11.8 Å². The maximum atomic E-state index is 13.3. The molecular formula is C11H11FS2. The van der Waals surface area contributed by atoms with Crippen LogP contribution in [0, 0.1) is 5.82 Å². The number of benzene rings is 1. The molecule has 0 fully saturated rings. The quantitative estimate of drug-likeness (QED) is 0.752. The lowest BCUT2D eigenvalue weighted by Crippen LogP contribution is -1.73. The van der Waals surface area contributed by atoms with Gasteiger partial charge >= 0.3 is 0 Å². The third kappa shape index (κ3) is 1.93. The number of hydrogen-bond donors (Lipinski definition) is 0. The Kier molecular flexibility index (Phi) is 3.08. The van der Waals surface area contributed by atoms with Crippen LogP contribution in [0.25, 0.3) is 10.1 Å². The zero-order valence-corrected chi connectivity index (χ0v) is 9.55. The van der Waals surface area contributed by atoms with Crippen LogP contribution in [0.15, 0.2) is 24.3 Å². The third-order valence-corrected chi connectivity index (χ3v) is 4.21. The van der Waals surface area contributed by atoms with Crippen molar-refractivity contribution in [3.05, 3.63) is 35.0 Å². The van der Waals surface area contributed by atoms with Crippen LogP contribution >= 0.6 is 23.1 Å². The summed E-state index contributed by atoms with van der Waals surface area (Å²) in [6.45, 7) is 2.14. The Morgan fingerprint density at radius 3 is 3.00 bits per heavy atom. The Bertz CT molecular complexity index is 434. The fourth-order valence-electron chi connectivity index (χ4n) is 1.35. The summed E-state index contributed by atoms with van der Waals surface area (Å²) in [5, 5.41) is 0.768. The normalized spacial score (nSPS) is 11.0. The molecule has 0 N–H and O–H groups in total. The van der Waals surface area contributed by atoms with Gasteiger partial charge in [0.25, 0.3) is 0 Å². The summed E-state index contributed by atoms with van der Waals surface area (Å²) in [4.78, 5) is 1.26. The molecule has 0 bridgehead atoms. The number of rotatable bonds is 3. The van der Waals surface area contributed by atoms with Crippen molar-refractivity contribution in [2.75, 3.05) is 5.75 Å². The first-order valence-corrected chi connectivity index (χ1v) is 6.53. The van der Waals surface area contributed by atoms with Crippen LogP contribution in [-0.2, 0) is 5.75 Å². The molecule has 74 valence electrons. The number of fused-ring (bicyclic) bond motifs is 1. The van der Waals surface area contributed by atoms with E-state index in [1.165, 1.54) is 10.9 Å². The molecule has 1 aromatic carbocycles. The first kappa shape index (κ1) is 9.99. The van der Waals surface area contributed by atoms with Gasteiger partial charge in [0.15, 0.2) is 0 Å². The molecule has 0 aliphatic heterocycles. The molecule has 0 aliphatic carbocycles. The smallest absolute Gasteiger partial charge is 0.131 e. The highest BCUT2D eigenvalue weighted by Crippen LogP contribution is 2.29. The van der Waals surface area contributed by atoms with Crippen molar-refractivity contribution in [1.82, 2.24) is 0 Å². The Morgan fingerprint density at radius 1 is 1.43 bits per heavy atom. The number of thioether (sulfide) groups is 1. The molecule has 0 atom stereocenters. The predicted octanol–water partition coefficient (Wildman–Crippen LogP) is 4.29. The van der Waals surface area contributed by atoms with Gasteiger partial charge in [-0.1, -0.05) is 13.0 Å². The van der Waals surface area contributed by atoms with Crippen LogP contribution in [0.3, 0.4) is 0 Å². The van der Waals surface area contributed by atoms with Gasteiger partial charge in [0, 0.05) is 20.7 Å². The second-order valence-corrected chi connectivity index (χ2v) is 5.44. The maximum Gasteiger partial charge on any atom is 0.131 e.